The van der Waals surface area contributed by atoms with Gasteiger partial charge in [-0.15, -0.1) is 0 Å². The van der Waals surface area contributed by atoms with Gasteiger partial charge in [-0.3, -0.25) is 0 Å². The Bertz CT molecular complexity index is 4070. The van der Waals surface area contributed by atoms with Gasteiger partial charge in [-0.25, -0.2) is 0 Å². The highest BCUT2D eigenvalue weighted by atomic mass is 14.9. The molecular weight excluding hydrogens is 881 g/mol. The van der Waals surface area contributed by atoms with E-state index in [1.807, 2.05) is 0 Å². The Hall–Kier alpha value is -6.95. The van der Waals surface area contributed by atoms with Crippen LogP contribution in [0.1, 0.15) is 170 Å². The molecule has 2 aromatic heterocycles. The fourth-order valence-corrected chi connectivity index (χ4v) is 18.9. The van der Waals surface area contributed by atoms with Crippen molar-refractivity contribution >= 4 is 38.1 Å². The maximum Gasteiger partial charge on any atom is 0.0995 e. The predicted molar refractivity (Wildman–Crippen MR) is 299 cm³/mol. The van der Waals surface area contributed by atoms with Crippen LogP contribution in [0.2, 0.25) is 0 Å². The number of fused-ring (bicyclic) bond motifs is 15. The zero-order valence-corrected chi connectivity index (χ0v) is 42.9. The highest BCUT2D eigenvalue weighted by Crippen LogP contribution is 2.85. The van der Waals surface area contributed by atoms with Gasteiger partial charge < -0.3 is 4.40 Å². The second-order valence-corrected chi connectivity index (χ2v) is 25.3. The van der Waals surface area contributed by atoms with E-state index in [0.29, 0.717) is 35.0 Å². The van der Waals surface area contributed by atoms with Crippen LogP contribution in [0.3, 0.4) is 0 Å². The number of hydrogen-bond acceptors (Lipinski definition) is 1. The van der Waals surface area contributed by atoms with Crippen molar-refractivity contribution < 1.29 is 0 Å². The van der Waals surface area contributed by atoms with Gasteiger partial charge in [0.2, 0.25) is 0 Å². The molecule has 0 radical (unpaired) electrons. The molecule has 4 atom stereocenters. The summed E-state index contributed by atoms with van der Waals surface area (Å²) in [6.07, 6.45) is 7.12. The molecule has 2 heterocycles. The van der Waals surface area contributed by atoms with Gasteiger partial charge in [-0.1, -0.05) is 145 Å². The summed E-state index contributed by atoms with van der Waals surface area (Å²) in [6.45, 7) is 14.3. The minimum absolute atomic E-state index is 0.00738. The summed E-state index contributed by atoms with van der Waals surface area (Å²) in [5.41, 5.74) is 29.0. The van der Waals surface area contributed by atoms with Gasteiger partial charge in [-0.2, -0.15) is 5.26 Å². The lowest BCUT2D eigenvalue weighted by molar-refractivity contribution is -0.0819. The molecule has 0 aliphatic heterocycles. The molecule has 8 aliphatic rings. The molecule has 0 saturated heterocycles. The number of benzene rings is 8. The third kappa shape index (κ3) is 4.80. The van der Waals surface area contributed by atoms with Crippen LogP contribution in [0, 0.1) is 40.4 Å². The van der Waals surface area contributed by atoms with Crippen LogP contribution in [0.15, 0.2) is 140 Å². The highest BCUT2D eigenvalue weighted by Gasteiger charge is 2.79. The van der Waals surface area contributed by atoms with Crippen LogP contribution in [-0.2, 0) is 5.41 Å². The molecule has 8 aliphatic carbocycles. The van der Waals surface area contributed by atoms with Crippen molar-refractivity contribution in [3.8, 4) is 39.4 Å². The minimum Gasteiger partial charge on any atom is -0.308 e. The zero-order chi connectivity index (χ0) is 48.7. The Morgan fingerprint density at radius 1 is 0.521 bits per heavy atom. The molecule has 4 fully saturated rings. The van der Waals surface area contributed by atoms with Crippen molar-refractivity contribution in [3.63, 3.8) is 0 Å². The molecule has 8 aromatic carbocycles. The Kier molecular flexibility index (Phi) is 7.85. The Morgan fingerprint density at radius 2 is 1.12 bits per heavy atom. The van der Waals surface area contributed by atoms with E-state index in [1.165, 1.54) is 154 Å². The normalized spacial score (nSPS) is 26.1. The average molecular weight is 941 g/mol. The monoisotopic (exact) mass is 940 g/mol. The first-order valence-electron chi connectivity index (χ1n) is 27.9. The molecular formula is C71H60N2. The zero-order valence-electron chi connectivity index (χ0n) is 42.9. The maximum atomic E-state index is 11.5. The topological polar surface area (TPSA) is 28.2 Å². The molecule has 10 aromatic rings. The maximum absolute atomic E-state index is 11.5. The summed E-state index contributed by atoms with van der Waals surface area (Å²) in [6, 6.07) is 57.9. The molecule has 73 heavy (non-hydrogen) atoms. The SMILES string of the molecule is CC(C)c1cc(C(C)C)c(-c2cc3c4cc5c(cc4n4c6cc(C#N)c7c(c6c(c2)c34)C2c3ccccc3C7c3ccccc32)-c2cc(-c3ccccc3)ccc2C52C3CC4CC5CC2C3(C4)C5)c(C(C)C)c1. The van der Waals surface area contributed by atoms with Crippen molar-refractivity contribution in [1.82, 2.24) is 4.40 Å². The molecule has 4 unspecified atom stereocenters. The van der Waals surface area contributed by atoms with Gasteiger partial charge in [0, 0.05) is 38.8 Å². The summed E-state index contributed by atoms with van der Waals surface area (Å²) in [5.74, 6) is 4.33. The first-order valence-corrected chi connectivity index (χ1v) is 27.9. The average Bonchev–Trinajstić information content (AvgIpc) is 4.29. The fraction of sp³-hybridized carbons (Fsp3) is 0.310. The van der Waals surface area contributed by atoms with E-state index in [-0.39, 0.29) is 17.3 Å². The van der Waals surface area contributed by atoms with Crippen LogP contribution in [0.4, 0.5) is 0 Å². The standard InChI is InChI=1S/C71H60N2/c1-36(2)43-26-50(37(3)4)63(51(27-43)38(5)6)44-28-55-54-31-58-53(52-25-42(41-14-8-7-9-15-41)20-21-57(52)71(58)61-23-39-22-40-24-62(71)70(61,33-39)34-40)32-59(54)73-60-30-45(35-72)64-65-46-16-10-12-18-48(46)66(49-19-13-11-17-47(49)65)68(64)67(60)56(29-44)69(55)73/h7-21,25-32,36-40,61-62,65-66H,22-24,33-34H2,1-6H3. The summed E-state index contributed by atoms with van der Waals surface area (Å²) < 4.78 is 2.65. The predicted octanol–water partition coefficient (Wildman–Crippen LogP) is 18.1. The van der Waals surface area contributed by atoms with E-state index in [1.54, 1.807) is 11.1 Å². The van der Waals surface area contributed by atoms with Gasteiger partial charge in [0.1, 0.15) is 0 Å². The molecule has 2 nitrogen and oxygen atoms in total. The highest BCUT2D eigenvalue weighted by molar-refractivity contribution is 6.26. The van der Waals surface area contributed by atoms with Crippen LogP contribution < -0.4 is 0 Å². The molecule has 18 rings (SSSR count). The molecule has 0 amide bonds. The minimum atomic E-state index is 0.00738. The third-order valence-electron chi connectivity index (χ3n) is 21.2. The Balaban J connectivity index is 1.03. The molecule has 0 N–H and O–H groups in total. The van der Waals surface area contributed by atoms with Crippen molar-refractivity contribution in [1.29, 1.82) is 5.26 Å². The summed E-state index contributed by atoms with van der Waals surface area (Å²) in [7, 11) is 0. The van der Waals surface area contributed by atoms with Gasteiger partial charge in [0.25, 0.3) is 0 Å². The van der Waals surface area contributed by atoms with E-state index in [4.69, 9.17) is 0 Å². The lowest BCUT2D eigenvalue weighted by Crippen LogP contribution is -2.62. The molecule has 4 saturated carbocycles. The molecule has 354 valence electrons. The quantitative estimate of drug-likeness (QED) is 0.169. The van der Waals surface area contributed by atoms with E-state index in [9.17, 15) is 5.26 Å². The second kappa shape index (κ2) is 13.8. The van der Waals surface area contributed by atoms with Crippen molar-refractivity contribution in [2.75, 3.05) is 0 Å². The smallest absolute Gasteiger partial charge is 0.0995 e. The van der Waals surface area contributed by atoms with Gasteiger partial charge in [0.15, 0.2) is 0 Å². The lowest BCUT2D eigenvalue weighted by Gasteiger charge is -2.64. The Morgan fingerprint density at radius 3 is 1.74 bits per heavy atom. The first kappa shape index (κ1) is 41.5. The molecule has 5 bridgehead atoms. The summed E-state index contributed by atoms with van der Waals surface area (Å²) in [4.78, 5) is 0. The largest absolute Gasteiger partial charge is 0.308 e. The molecule has 2 spiro atoms. The van der Waals surface area contributed by atoms with Crippen LogP contribution in [0.5, 0.6) is 0 Å². The lowest BCUT2D eigenvalue weighted by atomic mass is 9.38. The van der Waals surface area contributed by atoms with E-state index >= 15 is 0 Å². The van der Waals surface area contributed by atoms with Gasteiger partial charge >= 0.3 is 0 Å². The number of hydrogen-bond donors (Lipinski definition) is 0. The van der Waals surface area contributed by atoms with Crippen LogP contribution in [-0.4, -0.2) is 4.40 Å². The number of aromatic nitrogens is 1. The van der Waals surface area contributed by atoms with Crippen LogP contribution >= 0.6 is 0 Å². The summed E-state index contributed by atoms with van der Waals surface area (Å²) in [5, 5.41) is 16.9. The van der Waals surface area contributed by atoms with Gasteiger partial charge in [-0.05, 0) is 210 Å². The van der Waals surface area contributed by atoms with E-state index in [2.05, 4.69) is 192 Å². The first-order chi connectivity index (χ1) is 35.6. The van der Waals surface area contributed by atoms with E-state index < -0.39 is 0 Å². The third-order valence-corrected chi connectivity index (χ3v) is 21.2. The fourth-order valence-electron chi connectivity index (χ4n) is 18.9. The van der Waals surface area contributed by atoms with Crippen molar-refractivity contribution in [2.24, 2.45) is 29.1 Å². The molecule has 2 heteroatoms. The van der Waals surface area contributed by atoms with Crippen LogP contribution in [0.25, 0.3) is 71.5 Å². The van der Waals surface area contributed by atoms with Crippen molar-refractivity contribution in [2.45, 2.75) is 109 Å². The second-order valence-electron chi connectivity index (χ2n) is 25.3. The number of nitrogens with zero attached hydrogens (tertiary/aromatic N) is 2. The summed E-state index contributed by atoms with van der Waals surface area (Å²) >= 11 is 0. The van der Waals surface area contributed by atoms with E-state index in [0.717, 1.165) is 17.4 Å². The Labute approximate surface area is 429 Å². The van der Waals surface area contributed by atoms with Gasteiger partial charge in [0.05, 0.1) is 28.2 Å². The number of nitriles is 1. The number of rotatable bonds is 5. The van der Waals surface area contributed by atoms with Crippen molar-refractivity contribution in [3.05, 3.63) is 206 Å².